The molecule has 0 radical (unpaired) electrons. The second-order valence-corrected chi connectivity index (χ2v) is 7.42. The number of nitriles is 1. The van der Waals surface area contributed by atoms with Crippen molar-refractivity contribution in [2.24, 2.45) is 5.92 Å². The number of hydrogen-bond donors (Lipinski definition) is 2. The highest BCUT2D eigenvalue weighted by Crippen LogP contribution is 2.39. The van der Waals surface area contributed by atoms with Crippen LogP contribution in [0.15, 0.2) is 54.6 Å². The van der Waals surface area contributed by atoms with Gasteiger partial charge in [-0.1, -0.05) is 18.2 Å². The molecular weight excluding hydrogens is 398 g/mol. The van der Waals surface area contributed by atoms with E-state index < -0.39 is 29.9 Å². The molecule has 31 heavy (non-hydrogen) atoms. The molecule has 2 aromatic carbocycles. The summed E-state index contributed by atoms with van der Waals surface area (Å²) in [5.74, 6) is -0.385. The lowest BCUT2D eigenvalue weighted by Gasteiger charge is -2.22. The number of esters is 1. The highest BCUT2D eigenvalue weighted by molar-refractivity contribution is 5.96. The van der Waals surface area contributed by atoms with E-state index >= 15 is 0 Å². The van der Waals surface area contributed by atoms with Crippen molar-refractivity contribution >= 4 is 17.8 Å². The Morgan fingerprint density at radius 2 is 1.71 bits per heavy atom. The van der Waals surface area contributed by atoms with Gasteiger partial charge in [0.1, 0.15) is 23.6 Å². The zero-order valence-corrected chi connectivity index (χ0v) is 17.1. The minimum absolute atomic E-state index is 0.126. The standard InChI is InChI=1S/C23H23N3O5/c1-23(15-24,17-9-10-17)26-20(27)14-30-21(28)13-25-22(29)16-7-11-19(12-8-16)31-18-5-3-2-4-6-18/h2-8,11-12,17H,9-10,13-14H2,1H3,(H,25,29)(H,26,27)/t23-/m0/s1. The first-order chi connectivity index (χ1) is 14.9. The first kappa shape index (κ1) is 21.8. The van der Waals surface area contributed by atoms with Gasteiger partial charge in [0.05, 0.1) is 6.07 Å². The number of benzene rings is 2. The minimum Gasteiger partial charge on any atom is -0.457 e. The molecule has 8 nitrogen and oxygen atoms in total. The summed E-state index contributed by atoms with van der Waals surface area (Å²) < 4.78 is 10.5. The lowest BCUT2D eigenvalue weighted by Crippen LogP contribution is -2.48. The molecule has 2 N–H and O–H groups in total. The minimum atomic E-state index is -0.950. The largest absolute Gasteiger partial charge is 0.457 e. The molecule has 160 valence electrons. The van der Waals surface area contributed by atoms with E-state index in [1.807, 2.05) is 30.3 Å². The van der Waals surface area contributed by atoms with Crippen LogP contribution in [0.2, 0.25) is 0 Å². The van der Waals surface area contributed by atoms with Crippen LogP contribution in [0.25, 0.3) is 0 Å². The van der Waals surface area contributed by atoms with Crippen molar-refractivity contribution in [3.05, 3.63) is 60.2 Å². The van der Waals surface area contributed by atoms with E-state index in [0.29, 0.717) is 17.1 Å². The average Bonchev–Trinajstić information content (AvgIpc) is 3.63. The van der Waals surface area contributed by atoms with Gasteiger partial charge in [-0.2, -0.15) is 5.26 Å². The smallest absolute Gasteiger partial charge is 0.325 e. The number of rotatable bonds is 9. The zero-order chi connectivity index (χ0) is 22.3. The Bertz CT molecular complexity index is 981. The topological polar surface area (TPSA) is 118 Å². The summed E-state index contributed by atoms with van der Waals surface area (Å²) in [5.41, 5.74) is -0.603. The Labute approximate surface area is 180 Å². The zero-order valence-electron chi connectivity index (χ0n) is 17.1. The van der Waals surface area contributed by atoms with Gasteiger partial charge in [0.25, 0.3) is 11.8 Å². The molecule has 1 aliphatic rings. The number of carbonyl (C=O) groups is 3. The van der Waals surface area contributed by atoms with E-state index in [9.17, 15) is 19.6 Å². The van der Waals surface area contributed by atoms with E-state index in [0.717, 1.165) is 12.8 Å². The molecule has 1 saturated carbocycles. The molecule has 0 unspecified atom stereocenters. The first-order valence-electron chi connectivity index (χ1n) is 9.88. The number of para-hydroxylation sites is 1. The van der Waals surface area contributed by atoms with E-state index in [1.54, 1.807) is 31.2 Å². The summed E-state index contributed by atoms with van der Waals surface area (Å²) in [7, 11) is 0. The van der Waals surface area contributed by atoms with Crippen molar-refractivity contribution in [3.63, 3.8) is 0 Å². The molecule has 0 aromatic heterocycles. The van der Waals surface area contributed by atoms with Crippen molar-refractivity contribution in [3.8, 4) is 17.6 Å². The predicted molar refractivity (Wildman–Crippen MR) is 111 cm³/mol. The van der Waals surface area contributed by atoms with Crippen LogP contribution >= 0.6 is 0 Å². The highest BCUT2D eigenvalue weighted by Gasteiger charge is 2.43. The second kappa shape index (κ2) is 9.76. The maximum absolute atomic E-state index is 12.2. The molecule has 1 fully saturated rings. The van der Waals surface area contributed by atoms with Crippen molar-refractivity contribution in [1.82, 2.24) is 10.6 Å². The van der Waals surface area contributed by atoms with Crippen LogP contribution < -0.4 is 15.4 Å². The first-order valence-corrected chi connectivity index (χ1v) is 9.88. The normalized spacial score (nSPS) is 14.5. The molecular formula is C23H23N3O5. The fourth-order valence-corrected chi connectivity index (χ4v) is 2.96. The van der Waals surface area contributed by atoms with Crippen LogP contribution in [0.5, 0.6) is 11.5 Å². The third-order valence-corrected chi connectivity index (χ3v) is 4.88. The Morgan fingerprint density at radius 3 is 2.32 bits per heavy atom. The Kier molecular flexibility index (Phi) is 6.88. The summed E-state index contributed by atoms with van der Waals surface area (Å²) in [6.45, 7) is 0.761. The van der Waals surface area contributed by atoms with E-state index in [2.05, 4.69) is 16.7 Å². The maximum atomic E-state index is 12.2. The predicted octanol–water partition coefficient (Wildman–Crippen LogP) is 2.56. The maximum Gasteiger partial charge on any atom is 0.325 e. The van der Waals surface area contributed by atoms with Gasteiger partial charge in [0.2, 0.25) is 0 Å². The van der Waals surface area contributed by atoms with E-state index in [4.69, 9.17) is 9.47 Å². The van der Waals surface area contributed by atoms with Gasteiger partial charge in [-0.15, -0.1) is 0 Å². The van der Waals surface area contributed by atoms with Crippen LogP contribution in [-0.4, -0.2) is 36.5 Å². The SMILES string of the molecule is C[C@@](C#N)(NC(=O)COC(=O)CNC(=O)c1ccc(Oc2ccccc2)cc1)C1CC1. The molecule has 0 bridgehead atoms. The molecule has 2 amide bonds. The molecule has 2 aromatic rings. The quantitative estimate of drug-likeness (QED) is 0.601. The van der Waals surface area contributed by atoms with Crippen LogP contribution in [0.1, 0.15) is 30.1 Å². The molecule has 1 atom stereocenters. The summed E-state index contributed by atoms with van der Waals surface area (Å²) in [6.07, 6.45) is 1.77. The van der Waals surface area contributed by atoms with Gasteiger partial charge in [0.15, 0.2) is 6.61 Å². The molecule has 8 heteroatoms. The van der Waals surface area contributed by atoms with Gasteiger partial charge < -0.3 is 20.1 Å². The number of hydrogen-bond acceptors (Lipinski definition) is 6. The second-order valence-electron chi connectivity index (χ2n) is 7.42. The lowest BCUT2D eigenvalue weighted by molar-refractivity contribution is -0.147. The van der Waals surface area contributed by atoms with Crippen molar-refractivity contribution in [2.45, 2.75) is 25.3 Å². The van der Waals surface area contributed by atoms with Crippen molar-refractivity contribution < 1.29 is 23.9 Å². The summed E-state index contributed by atoms with van der Waals surface area (Å²) in [6, 6.07) is 17.8. The van der Waals surface area contributed by atoms with Crippen LogP contribution in [0.3, 0.4) is 0 Å². The highest BCUT2D eigenvalue weighted by atomic mass is 16.5. The molecule has 1 aliphatic carbocycles. The Balaban J connectivity index is 1.40. The van der Waals surface area contributed by atoms with Crippen molar-refractivity contribution in [2.75, 3.05) is 13.2 Å². The van der Waals surface area contributed by atoms with Gasteiger partial charge in [-0.05, 0) is 62.1 Å². The monoisotopic (exact) mass is 421 g/mol. The molecule has 3 rings (SSSR count). The van der Waals surface area contributed by atoms with E-state index in [-0.39, 0.29) is 12.5 Å². The van der Waals surface area contributed by atoms with Crippen LogP contribution in [0.4, 0.5) is 0 Å². The number of carbonyl (C=O) groups excluding carboxylic acids is 3. The molecule has 0 spiro atoms. The van der Waals surface area contributed by atoms with Gasteiger partial charge >= 0.3 is 5.97 Å². The number of nitrogens with one attached hydrogen (secondary N) is 2. The fourth-order valence-electron chi connectivity index (χ4n) is 2.96. The van der Waals surface area contributed by atoms with Crippen LogP contribution in [0, 0.1) is 17.2 Å². The number of nitrogens with zero attached hydrogens (tertiary/aromatic N) is 1. The Hall–Kier alpha value is -3.86. The number of amides is 2. The lowest BCUT2D eigenvalue weighted by atomic mass is 9.98. The Morgan fingerprint density at radius 1 is 1.06 bits per heavy atom. The van der Waals surface area contributed by atoms with Crippen molar-refractivity contribution in [1.29, 1.82) is 5.26 Å². The summed E-state index contributed by atoms with van der Waals surface area (Å²) in [5, 5.41) is 14.3. The van der Waals surface area contributed by atoms with E-state index in [1.165, 1.54) is 0 Å². The summed E-state index contributed by atoms with van der Waals surface area (Å²) >= 11 is 0. The third kappa shape index (κ3) is 6.31. The molecule has 0 heterocycles. The van der Waals surface area contributed by atoms with Gasteiger partial charge in [0, 0.05) is 5.56 Å². The fraction of sp³-hybridized carbons (Fsp3) is 0.304. The van der Waals surface area contributed by atoms with Crippen LogP contribution in [-0.2, 0) is 14.3 Å². The summed E-state index contributed by atoms with van der Waals surface area (Å²) in [4.78, 5) is 35.9. The average molecular weight is 421 g/mol. The third-order valence-electron chi connectivity index (χ3n) is 4.88. The van der Waals surface area contributed by atoms with Gasteiger partial charge in [-0.3, -0.25) is 14.4 Å². The number of ether oxygens (including phenoxy) is 2. The molecule has 0 saturated heterocycles. The van der Waals surface area contributed by atoms with Gasteiger partial charge in [-0.25, -0.2) is 0 Å². The molecule has 0 aliphatic heterocycles.